The first-order valence-corrected chi connectivity index (χ1v) is 6.51. The van der Waals surface area contributed by atoms with Crippen molar-refractivity contribution in [1.82, 2.24) is 0 Å². The van der Waals surface area contributed by atoms with Gasteiger partial charge in [-0.1, -0.05) is 12.1 Å². The summed E-state index contributed by atoms with van der Waals surface area (Å²) < 4.78 is 11.9. The minimum absolute atomic E-state index is 0.0805. The second-order valence-electron chi connectivity index (χ2n) is 6.04. The molecule has 19 heavy (non-hydrogen) atoms. The van der Waals surface area contributed by atoms with Gasteiger partial charge in [-0.25, -0.2) is 0 Å². The van der Waals surface area contributed by atoms with Gasteiger partial charge >= 0.3 is 7.12 Å². The molecule has 4 nitrogen and oxygen atoms in total. The molecule has 0 saturated carbocycles. The number of aliphatic hydroxyl groups is 1. The van der Waals surface area contributed by atoms with E-state index in [1.54, 1.807) is 25.1 Å². The highest BCUT2D eigenvalue weighted by molar-refractivity contribution is 6.63. The highest BCUT2D eigenvalue weighted by Gasteiger charge is 2.53. The maximum Gasteiger partial charge on any atom is 0.499 e. The molecule has 104 valence electrons. The fourth-order valence-corrected chi connectivity index (χ4v) is 2.15. The Balaban J connectivity index is 2.45. The zero-order valence-corrected chi connectivity index (χ0v) is 12.1. The number of phenols is 1. The number of benzene rings is 1. The van der Waals surface area contributed by atoms with Crippen molar-refractivity contribution in [2.45, 2.75) is 51.9 Å². The number of aromatic hydroxyl groups is 1. The van der Waals surface area contributed by atoms with Crippen LogP contribution in [0.5, 0.6) is 5.75 Å². The maximum absolute atomic E-state index is 10.1. The summed E-state index contributed by atoms with van der Waals surface area (Å²) in [5.74, 6) is 0.0805. The summed E-state index contributed by atoms with van der Waals surface area (Å²) in [5.41, 5.74) is 0.181. The van der Waals surface area contributed by atoms with Crippen molar-refractivity contribution >= 4 is 12.6 Å². The van der Waals surface area contributed by atoms with Crippen LogP contribution in [-0.2, 0) is 9.31 Å². The molecule has 0 radical (unpaired) electrons. The predicted octanol–water partition coefficient (Wildman–Crippen LogP) is 1.74. The van der Waals surface area contributed by atoms with Crippen LogP contribution in [0.25, 0.3) is 0 Å². The molecule has 1 aliphatic rings. The van der Waals surface area contributed by atoms with Crippen molar-refractivity contribution in [2.75, 3.05) is 0 Å². The summed E-state index contributed by atoms with van der Waals surface area (Å²) in [6, 6.07) is 5.04. The van der Waals surface area contributed by atoms with E-state index in [9.17, 15) is 10.2 Å². The summed E-state index contributed by atoms with van der Waals surface area (Å²) in [7, 11) is -0.671. The molecule has 0 spiro atoms. The van der Waals surface area contributed by atoms with E-state index in [0.717, 1.165) is 0 Å². The van der Waals surface area contributed by atoms with Gasteiger partial charge in [0.25, 0.3) is 0 Å². The Morgan fingerprint density at radius 1 is 1.11 bits per heavy atom. The molecule has 5 heteroatoms. The molecule has 0 amide bonds. The molecule has 2 rings (SSSR count). The van der Waals surface area contributed by atoms with E-state index in [1.165, 1.54) is 0 Å². The Morgan fingerprint density at radius 3 is 2.11 bits per heavy atom. The van der Waals surface area contributed by atoms with E-state index < -0.39 is 24.4 Å². The Hall–Kier alpha value is -1.04. The SMILES string of the molecule is CC(O)c1cccc(O)c1B1OC(C)(C)C(C)(C)O1. The standard InChI is InChI=1S/C14H21BO4/c1-9(16)10-7-6-8-11(17)12(10)15-18-13(2,3)14(4,5)19-15/h6-9,16-17H,1-5H3. The summed E-state index contributed by atoms with van der Waals surface area (Å²) in [4.78, 5) is 0. The van der Waals surface area contributed by atoms with Gasteiger partial charge in [0.2, 0.25) is 0 Å². The molecule has 0 aliphatic carbocycles. The monoisotopic (exact) mass is 264 g/mol. The number of hydrogen-bond donors (Lipinski definition) is 2. The molecule has 1 aromatic carbocycles. The quantitative estimate of drug-likeness (QED) is 0.799. The average Bonchev–Trinajstić information content (AvgIpc) is 2.47. The van der Waals surface area contributed by atoms with Crippen molar-refractivity contribution in [3.8, 4) is 5.75 Å². The lowest BCUT2D eigenvalue weighted by molar-refractivity contribution is 0.00578. The predicted molar refractivity (Wildman–Crippen MR) is 74.5 cm³/mol. The summed E-state index contributed by atoms with van der Waals surface area (Å²) in [5, 5.41) is 19.9. The zero-order valence-electron chi connectivity index (χ0n) is 12.1. The first-order chi connectivity index (χ1) is 8.66. The molecule has 0 aromatic heterocycles. The maximum atomic E-state index is 10.1. The van der Waals surface area contributed by atoms with E-state index in [0.29, 0.717) is 11.0 Å². The smallest absolute Gasteiger partial charge is 0.499 e. The van der Waals surface area contributed by atoms with Crippen LogP contribution in [0.15, 0.2) is 18.2 Å². The molecule has 1 saturated heterocycles. The van der Waals surface area contributed by atoms with E-state index >= 15 is 0 Å². The fraction of sp³-hybridized carbons (Fsp3) is 0.571. The third-order valence-corrected chi connectivity index (χ3v) is 4.06. The van der Waals surface area contributed by atoms with Gasteiger partial charge < -0.3 is 19.5 Å². The summed E-state index contributed by atoms with van der Waals surface area (Å²) in [6.45, 7) is 9.47. The molecule has 1 heterocycles. The average molecular weight is 264 g/mol. The topological polar surface area (TPSA) is 58.9 Å². The van der Waals surface area contributed by atoms with Gasteiger partial charge in [-0.3, -0.25) is 0 Å². The van der Waals surface area contributed by atoms with Gasteiger partial charge in [0.15, 0.2) is 0 Å². The van der Waals surface area contributed by atoms with Crippen molar-refractivity contribution in [3.05, 3.63) is 23.8 Å². The van der Waals surface area contributed by atoms with Crippen LogP contribution in [0.4, 0.5) is 0 Å². The minimum Gasteiger partial charge on any atom is -0.508 e. The van der Waals surface area contributed by atoms with E-state index in [1.807, 2.05) is 27.7 Å². The van der Waals surface area contributed by atoms with E-state index in [-0.39, 0.29) is 5.75 Å². The largest absolute Gasteiger partial charge is 0.508 e. The molecule has 1 aliphatic heterocycles. The molecule has 1 unspecified atom stereocenters. The zero-order chi connectivity index (χ0) is 14.4. The fourth-order valence-electron chi connectivity index (χ4n) is 2.15. The lowest BCUT2D eigenvalue weighted by Gasteiger charge is -2.32. The number of phenolic OH excluding ortho intramolecular Hbond substituents is 1. The molecular formula is C14H21BO4. The van der Waals surface area contributed by atoms with Gasteiger partial charge in [0.1, 0.15) is 5.75 Å². The molecule has 0 bridgehead atoms. The minimum atomic E-state index is -0.693. The van der Waals surface area contributed by atoms with Gasteiger partial charge in [-0.2, -0.15) is 0 Å². The van der Waals surface area contributed by atoms with Crippen LogP contribution in [0.1, 0.15) is 46.3 Å². The lowest BCUT2D eigenvalue weighted by atomic mass is 9.74. The van der Waals surface area contributed by atoms with Crippen molar-refractivity contribution < 1.29 is 19.5 Å². The second-order valence-corrected chi connectivity index (χ2v) is 6.04. The van der Waals surface area contributed by atoms with Crippen LogP contribution in [0.3, 0.4) is 0 Å². The first kappa shape index (κ1) is 14.4. The highest BCUT2D eigenvalue weighted by Crippen LogP contribution is 2.37. The van der Waals surface area contributed by atoms with Gasteiger partial charge in [-0.05, 0) is 46.2 Å². The lowest BCUT2D eigenvalue weighted by Crippen LogP contribution is -2.41. The van der Waals surface area contributed by atoms with Crippen LogP contribution in [0, 0.1) is 0 Å². The Morgan fingerprint density at radius 2 is 1.63 bits per heavy atom. The summed E-state index contributed by atoms with van der Waals surface area (Å²) >= 11 is 0. The van der Waals surface area contributed by atoms with E-state index in [2.05, 4.69) is 0 Å². The van der Waals surface area contributed by atoms with Crippen LogP contribution in [0.2, 0.25) is 0 Å². The molecule has 1 aromatic rings. The number of aliphatic hydroxyl groups excluding tert-OH is 1. The Kier molecular flexibility index (Phi) is 3.41. The van der Waals surface area contributed by atoms with Crippen LogP contribution in [-0.4, -0.2) is 28.5 Å². The van der Waals surface area contributed by atoms with Crippen molar-refractivity contribution in [2.24, 2.45) is 0 Å². The van der Waals surface area contributed by atoms with Gasteiger partial charge in [0, 0.05) is 5.46 Å². The van der Waals surface area contributed by atoms with Crippen molar-refractivity contribution in [3.63, 3.8) is 0 Å². The highest BCUT2D eigenvalue weighted by atomic mass is 16.7. The molecule has 1 atom stereocenters. The molecule has 2 N–H and O–H groups in total. The Labute approximate surface area is 114 Å². The van der Waals surface area contributed by atoms with Gasteiger partial charge in [0.05, 0.1) is 17.3 Å². The summed E-state index contributed by atoms with van der Waals surface area (Å²) in [6.07, 6.45) is -0.693. The van der Waals surface area contributed by atoms with Crippen LogP contribution >= 0.6 is 0 Å². The van der Waals surface area contributed by atoms with E-state index in [4.69, 9.17) is 9.31 Å². The number of hydrogen-bond acceptors (Lipinski definition) is 4. The second kappa shape index (κ2) is 4.51. The number of rotatable bonds is 2. The Bertz CT molecular complexity index is 466. The van der Waals surface area contributed by atoms with Crippen LogP contribution < -0.4 is 5.46 Å². The van der Waals surface area contributed by atoms with Crippen molar-refractivity contribution in [1.29, 1.82) is 0 Å². The first-order valence-electron chi connectivity index (χ1n) is 6.51. The normalized spacial score (nSPS) is 22.5. The molecular weight excluding hydrogens is 243 g/mol. The third kappa shape index (κ3) is 2.38. The van der Waals surface area contributed by atoms with Gasteiger partial charge in [-0.15, -0.1) is 0 Å². The third-order valence-electron chi connectivity index (χ3n) is 4.06. The molecule has 1 fully saturated rings.